The fourth-order valence-corrected chi connectivity index (χ4v) is 2.81. The van der Waals surface area contributed by atoms with E-state index in [9.17, 15) is 0 Å². The van der Waals surface area contributed by atoms with Crippen LogP contribution in [0.2, 0.25) is 0 Å². The predicted molar refractivity (Wildman–Crippen MR) is 84.5 cm³/mol. The zero-order valence-electron chi connectivity index (χ0n) is 13.0. The third-order valence-electron chi connectivity index (χ3n) is 4.37. The first-order valence-corrected chi connectivity index (χ1v) is 8.82. The maximum absolute atomic E-state index is 3.70. The molecule has 1 aliphatic carbocycles. The summed E-state index contributed by atoms with van der Waals surface area (Å²) in [4.78, 5) is 2.55. The van der Waals surface area contributed by atoms with Crippen LogP contribution in [0.4, 0.5) is 0 Å². The second-order valence-electron chi connectivity index (χ2n) is 6.36. The van der Waals surface area contributed by atoms with E-state index in [1.165, 1.54) is 44.5 Å². The molecule has 2 nitrogen and oxygen atoms in total. The highest BCUT2D eigenvalue weighted by molar-refractivity contribution is 7.98. The van der Waals surface area contributed by atoms with Crippen LogP contribution in [0.15, 0.2) is 0 Å². The van der Waals surface area contributed by atoms with E-state index >= 15 is 0 Å². The molecule has 0 bridgehead atoms. The molecule has 108 valence electrons. The highest BCUT2D eigenvalue weighted by Crippen LogP contribution is 2.26. The Balaban J connectivity index is 2.33. The van der Waals surface area contributed by atoms with Gasteiger partial charge in [-0.05, 0) is 57.1 Å². The number of nitrogens with zero attached hydrogens (tertiary/aromatic N) is 1. The van der Waals surface area contributed by atoms with Gasteiger partial charge in [-0.2, -0.15) is 11.8 Å². The van der Waals surface area contributed by atoms with Crippen molar-refractivity contribution in [2.45, 2.75) is 58.5 Å². The van der Waals surface area contributed by atoms with E-state index in [1.54, 1.807) is 0 Å². The number of rotatable bonds is 10. The van der Waals surface area contributed by atoms with Gasteiger partial charge in [-0.1, -0.05) is 13.8 Å². The van der Waals surface area contributed by atoms with Crippen LogP contribution in [0.1, 0.15) is 46.5 Å². The monoisotopic (exact) mass is 272 g/mol. The fraction of sp³-hybridized carbons (Fsp3) is 1.00. The van der Waals surface area contributed by atoms with Crippen molar-refractivity contribution >= 4 is 11.8 Å². The van der Waals surface area contributed by atoms with Crippen LogP contribution in [0.25, 0.3) is 0 Å². The van der Waals surface area contributed by atoms with E-state index in [-0.39, 0.29) is 0 Å². The molecule has 1 aliphatic rings. The van der Waals surface area contributed by atoms with Crippen LogP contribution in [0.3, 0.4) is 0 Å². The standard InChI is InChI=1S/C15H32N2S/c1-6-15(3,11-16-14-7-8-14)12-17(4)13(2)9-10-18-5/h13-14,16H,6-12H2,1-5H3. The van der Waals surface area contributed by atoms with E-state index in [4.69, 9.17) is 0 Å². The molecule has 0 heterocycles. The molecule has 1 fully saturated rings. The van der Waals surface area contributed by atoms with Crippen LogP contribution < -0.4 is 5.32 Å². The Bertz CT molecular complexity index is 231. The zero-order valence-corrected chi connectivity index (χ0v) is 13.8. The van der Waals surface area contributed by atoms with Gasteiger partial charge in [-0.25, -0.2) is 0 Å². The van der Waals surface area contributed by atoms with Crippen molar-refractivity contribution in [2.24, 2.45) is 5.41 Å². The first kappa shape index (κ1) is 16.3. The smallest absolute Gasteiger partial charge is 0.00719 e. The molecule has 0 spiro atoms. The van der Waals surface area contributed by atoms with Crippen molar-refractivity contribution in [2.75, 3.05) is 32.1 Å². The molecule has 1 N–H and O–H groups in total. The molecule has 0 radical (unpaired) electrons. The van der Waals surface area contributed by atoms with Gasteiger partial charge in [0.05, 0.1) is 0 Å². The summed E-state index contributed by atoms with van der Waals surface area (Å²) >= 11 is 1.95. The molecule has 0 aliphatic heterocycles. The Morgan fingerprint density at radius 3 is 2.61 bits per heavy atom. The Hall–Kier alpha value is 0.270. The molecule has 0 saturated heterocycles. The van der Waals surface area contributed by atoms with Crippen LogP contribution in [-0.2, 0) is 0 Å². The molecule has 18 heavy (non-hydrogen) atoms. The van der Waals surface area contributed by atoms with Crippen LogP contribution in [-0.4, -0.2) is 49.1 Å². The van der Waals surface area contributed by atoms with E-state index in [0.717, 1.165) is 6.04 Å². The SMILES string of the molecule is CCC(C)(CNC1CC1)CN(C)C(C)CCSC. The molecule has 0 aromatic heterocycles. The Kier molecular flexibility index (Phi) is 7.04. The molecular formula is C15H32N2S. The molecule has 2 atom stereocenters. The lowest BCUT2D eigenvalue weighted by atomic mass is 9.86. The maximum atomic E-state index is 3.70. The van der Waals surface area contributed by atoms with Gasteiger partial charge < -0.3 is 10.2 Å². The summed E-state index contributed by atoms with van der Waals surface area (Å²) in [6.07, 6.45) is 7.53. The third-order valence-corrected chi connectivity index (χ3v) is 5.02. The largest absolute Gasteiger partial charge is 0.313 e. The summed E-state index contributed by atoms with van der Waals surface area (Å²) in [6.45, 7) is 9.50. The summed E-state index contributed by atoms with van der Waals surface area (Å²) in [6, 6.07) is 1.53. The molecule has 2 unspecified atom stereocenters. The molecule has 3 heteroatoms. The predicted octanol–water partition coefficient (Wildman–Crippen LogP) is 3.23. The number of hydrogen-bond donors (Lipinski definition) is 1. The van der Waals surface area contributed by atoms with Gasteiger partial charge in [-0.3, -0.25) is 0 Å². The molecule has 0 aromatic rings. The number of hydrogen-bond acceptors (Lipinski definition) is 3. The van der Waals surface area contributed by atoms with Crippen molar-refractivity contribution in [1.82, 2.24) is 10.2 Å². The van der Waals surface area contributed by atoms with Gasteiger partial charge in [0.25, 0.3) is 0 Å². The number of nitrogens with one attached hydrogen (secondary N) is 1. The number of thioether (sulfide) groups is 1. The summed E-state index contributed by atoms with van der Waals surface area (Å²) in [5.41, 5.74) is 0.422. The second-order valence-corrected chi connectivity index (χ2v) is 7.35. The van der Waals surface area contributed by atoms with Gasteiger partial charge in [0, 0.05) is 25.2 Å². The summed E-state index contributed by atoms with van der Waals surface area (Å²) in [7, 11) is 2.29. The van der Waals surface area contributed by atoms with E-state index in [0.29, 0.717) is 11.5 Å². The zero-order chi connectivity index (χ0) is 13.6. The highest BCUT2D eigenvalue weighted by atomic mass is 32.2. The van der Waals surface area contributed by atoms with Crippen LogP contribution in [0.5, 0.6) is 0 Å². The average Bonchev–Trinajstić information content (AvgIpc) is 3.17. The van der Waals surface area contributed by atoms with E-state index in [2.05, 4.69) is 44.3 Å². The minimum Gasteiger partial charge on any atom is -0.313 e. The first-order chi connectivity index (χ1) is 8.50. The topological polar surface area (TPSA) is 15.3 Å². The second kappa shape index (κ2) is 7.76. The van der Waals surface area contributed by atoms with Crippen LogP contribution in [0, 0.1) is 5.41 Å². The van der Waals surface area contributed by atoms with Crippen molar-refractivity contribution in [3.8, 4) is 0 Å². The lowest BCUT2D eigenvalue weighted by Gasteiger charge is -2.36. The van der Waals surface area contributed by atoms with Crippen molar-refractivity contribution < 1.29 is 0 Å². The summed E-state index contributed by atoms with van der Waals surface area (Å²) < 4.78 is 0. The van der Waals surface area contributed by atoms with Crippen molar-refractivity contribution in [3.05, 3.63) is 0 Å². The van der Waals surface area contributed by atoms with Gasteiger partial charge in [0.2, 0.25) is 0 Å². The Labute approximate surface area is 118 Å². The quantitative estimate of drug-likeness (QED) is 0.657. The average molecular weight is 273 g/mol. The molecule has 1 rings (SSSR count). The van der Waals surface area contributed by atoms with Crippen molar-refractivity contribution in [3.63, 3.8) is 0 Å². The van der Waals surface area contributed by atoms with Gasteiger partial charge >= 0.3 is 0 Å². The molecule has 0 amide bonds. The summed E-state index contributed by atoms with van der Waals surface area (Å²) in [5.74, 6) is 1.27. The Morgan fingerprint density at radius 2 is 2.11 bits per heavy atom. The van der Waals surface area contributed by atoms with Gasteiger partial charge in [0.15, 0.2) is 0 Å². The van der Waals surface area contributed by atoms with Gasteiger partial charge in [0.1, 0.15) is 0 Å². The fourth-order valence-electron chi connectivity index (χ4n) is 2.24. The normalized spacial score (nSPS) is 21.0. The Morgan fingerprint density at radius 1 is 1.44 bits per heavy atom. The third kappa shape index (κ3) is 5.94. The minimum atomic E-state index is 0.422. The van der Waals surface area contributed by atoms with Crippen LogP contribution >= 0.6 is 11.8 Å². The van der Waals surface area contributed by atoms with E-state index < -0.39 is 0 Å². The lowest BCUT2D eigenvalue weighted by molar-refractivity contribution is 0.145. The molecular weight excluding hydrogens is 240 g/mol. The van der Waals surface area contributed by atoms with Crippen molar-refractivity contribution in [1.29, 1.82) is 0 Å². The lowest BCUT2D eigenvalue weighted by Crippen LogP contribution is -2.44. The minimum absolute atomic E-state index is 0.422. The summed E-state index contributed by atoms with van der Waals surface area (Å²) in [5, 5.41) is 3.70. The first-order valence-electron chi connectivity index (χ1n) is 7.43. The molecule has 0 aromatic carbocycles. The van der Waals surface area contributed by atoms with E-state index in [1.807, 2.05) is 11.8 Å². The molecule has 1 saturated carbocycles. The van der Waals surface area contributed by atoms with Gasteiger partial charge in [-0.15, -0.1) is 0 Å². The highest BCUT2D eigenvalue weighted by Gasteiger charge is 2.29. The maximum Gasteiger partial charge on any atom is 0.00719 e.